The normalized spacial score (nSPS) is 14.7. The number of fused-ring (bicyclic) bond motifs is 1. The van der Waals surface area contributed by atoms with E-state index in [2.05, 4.69) is 16.7 Å². The third-order valence-electron chi connectivity index (χ3n) is 4.67. The highest BCUT2D eigenvalue weighted by atomic mass is 19.1. The molecule has 2 heterocycles. The van der Waals surface area contributed by atoms with E-state index in [1.54, 1.807) is 36.4 Å². The zero-order valence-electron chi connectivity index (χ0n) is 15.5. The van der Waals surface area contributed by atoms with Gasteiger partial charge in [-0.3, -0.25) is 4.79 Å². The van der Waals surface area contributed by atoms with Gasteiger partial charge in [0.1, 0.15) is 29.7 Å². The fourth-order valence-electron chi connectivity index (χ4n) is 3.37. The molecule has 0 atom stereocenters. The summed E-state index contributed by atoms with van der Waals surface area (Å²) in [6.07, 6.45) is 0. The number of hydrogen-bond donors (Lipinski definition) is 2. The van der Waals surface area contributed by atoms with Crippen molar-refractivity contribution >= 4 is 17.4 Å². The van der Waals surface area contributed by atoms with E-state index in [1.807, 2.05) is 18.4 Å². The largest absolute Gasteiger partial charge is 0.342 e. The minimum atomic E-state index is -0.644. The van der Waals surface area contributed by atoms with Crippen molar-refractivity contribution in [2.45, 2.75) is 25.9 Å². The maximum Gasteiger partial charge on any atom is 0.240 e. The van der Waals surface area contributed by atoms with Gasteiger partial charge in [-0.2, -0.15) is 5.26 Å². The SMILES string of the molecule is CC1(C)NC(=O)Cn2c1nc(-c1ccc(F)cc1)c2Nc1ccc(C#N)cc1. The van der Waals surface area contributed by atoms with Gasteiger partial charge in [-0.05, 0) is 62.4 Å². The molecule has 3 aromatic rings. The van der Waals surface area contributed by atoms with Crippen molar-refractivity contribution in [1.29, 1.82) is 5.26 Å². The Bertz CT molecular complexity index is 1090. The Morgan fingerprint density at radius 3 is 2.50 bits per heavy atom. The van der Waals surface area contributed by atoms with E-state index in [0.717, 1.165) is 11.3 Å². The molecular weight excluding hydrogens is 357 g/mol. The summed E-state index contributed by atoms with van der Waals surface area (Å²) in [5, 5.41) is 15.3. The third-order valence-corrected chi connectivity index (χ3v) is 4.67. The number of imidazole rings is 1. The molecule has 140 valence electrons. The molecule has 2 N–H and O–H groups in total. The van der Waals surface area contributed by atoms with Crippen LogP contribution in [0.15, 0.2) is 48.5 Å². The van der Waals surface area contributed by atoms with E-state index in [9.17, 15) is 9.18 Å². The summed E-state index contributed by atoms with van der Waals surface area (Å²) < 4.78 is 15.2. The zero-order chi connectivity index (χ0) is 19.9. The lowest BCUT2D eigenvalue weighted by atomic mass is 10.0. The van der Waals surface area contributed by atoms with Crippen LogP contribution in [-0.2, 0) is 16.9 Å². The van der Waals surface area contributed by atoms with Gasteiger partial charge >= 0.3 is 0 Å². The van der Waals surface area contributed by atoms with E-state index in [-0.39, 0.29) is 18.3 Å². The number of carbonyl (C=O) groups excluding carboxylic acids is 1. The predicted octanol–water partition coefficient (Wildman–Crippen LogP) is 3.67. The summed E-state index contributed by atoms with van der Waals surface area (Å²) >= 11 is 0. The van der Waals surface area contributed by atoms with Crippen molar-refractivity contribution < 1.29 is 9.18 Å². The minimum absolute atomic E-state index is 0.108. The number of hydrogen-bond acceptors (Lipinski definition) is 4. The average molecular weight is 375 g/mol. The molecule has 1 amide bonds. The Morgan fingerprint density at radius 2 is 1.86 bits per heavy atom. The van der Waals surface area contributed by atoms with Crippen LogP contribution < -0.4 is 10.6 Å². The summed E-state index contributed by atoms with van der Waals surface area (Å²) in [4.78, 5) is 17.0. The van der Waals surface area contributed by atoms with Crippen LogP contribution in [0, 0.1) is 17.1 Å². The maximum atomic E-state index is 13.4. The molecule has 2 aromatic carbocycles. The van der Waals surface area contributed by atoms with Crippen LogP contribution in [0.4, 0.5) is 15.9 Å². The molecule has 0 unspecified atom stereocenters. The van der Waals surface area contributed by atoms with Crippen molar-refractivity contribution in [3.63, 3.8) is 0 Å². The smallest absolute Gasteiger partial charge is 0.240 e. The predicted molar refractivity (Wildman–Crippen MR) is 103 cm³/mol. The van der Waals surface area contributed by atoms with E-state index >= 15 is 0 Å². The van der Waals surface area contributed by atoms with E-state index < -0.39 is 5.54 Å². The van der Waals surface area contributed by atoms with Crippen molar-refractivity contribution in [2.24, 2.45) is 0 Å². The first-order valence-corrected chi connectivity index (χ1v) is 8.82. The highest BCUT2D eigenvalue weighted by molar-refractivity contribution is 5.83. The lowest BCUT2D eigenvalue weighted by molar-refractivity contribution is -0.124. The molecule has 1 aromatic heterocycles. The second-order valence-corrected chi connectivity index (χ2v) is 7.21. The average Bonchev–Trinajstić information content (AvgIpc) is 3.02. The van der Waals surface area contributed by atoms with Crippen LogP contribution in [0.2, 0.25) is 0 Å². The number of nitrogens with one attached hydrogen (secondary N) is 2. The molecule has 0 spiro atoms. The molecule has 4 rings (SSSR count). The van der Waals surface area contributed by atoms with Gasteiger partial charge in [-0.15, -0.1) is 0 Å². The highest BCUT2D eigenvalue weighted by Gasteiger charge is 2.36. The summed E-state index contributed by atoms with van der Waals surface area (Å²) in [6, 6.07) is 15.2. The summed E-state index contributed by atoms with van der Waals surface area (Å²) in [5.41, 5.74) is 2.04. The standard InChI is InChI=1S/C21H18FN5O/c1-21(2)20-25-18(14-5-7-15(22)8-6-14)19(27(20)12-17(28)26-21)24-16-9-3-13(11-23)4-10-16/h3-10,24H,12H2,1-2H3,(H,26,28). The van der Waals surface area contributed by atoms with Gasteiger partial charge in [-0.1, -0.05) is 0 Å². The number of anilines is 2. The van der Waals surface area contributed by atoms with Gasteiger partial charge in [-0.25, -0.2) is 9.37 Å². The van der Waals surface area contributed by atoms with Gasteiger partial charge in [0.05, 0.1) is 17.2 Å². The fraction of sp³-hybridized carbons (Fsp3) is 0.190. The number of rotatable bonds is 3. The first-order valence-electron chi connectivity index (χ1n) is 8.82. The Morgan fingerprint density at radius 1 is 1.18 bits per heavy atom. The molecule has 0 fully saturated rings. The Kier molecular flexibility index (Phi) is 4.12. The van der Waals surface area contributed by atoms with Crippen molar-refractivity contribution in [1.82, 2.24) is 14.9 Å². The second-order valence-electron chi connectivity index (χ2n) is 7.21. The van der Waals surface area contributed by atoms with Gasteiger partial charge in [0.2, 0.25) is 5.91 Å². The van der Waals surface area contributed by atoms with E-state index in [1.165, 1.54) is 12.1 Å². The van der Waals surface area contributed by atoms with Gasteiger partial charge in [0, 0.05) is 11.3 Å². The molecule has 28 heavy (non-hydrogen) atoms. The van der Waals surface area contributed by atoms with Crippen molar-refractivity contribution in [2.75, 3.05) is 5.32 Å². The summed E-state index contributed by atoms with van der Waals surface area (Å²) in [5.74, 6) is 0.923. The minimum Gasteiger partial charge on any atom is -0.342 e. The first kappa shape index (κ1) is 17.7. The van der Waals surface area contributed by atoms with Crippen LogP contribution in [-0.4, -0.2) is 15.5 Å². The monoisotopic (exact) mass is 375 g/mol. The highest BCUT2D eigenvalue weighted by Crippen LogP contribution is 2.36. The van der Waals surface area contributed by atoms with Crippen LogP contribution in [0.5, 0.6) is 0 Å². The summed E-state index contributed by atoms with van der Waals surface area (Å²) in [6.45, 7) is 3.91. The number of benzene rings is 2. The number of nitriles is 1. The second kappa shape index (κ2) is 6.50. The third kappa shape index (κ3) is 3.09. The van der Waals surface area contributed by atoms with Crippen LogP contribution >= 0.6 is 0 Å². The van der Waals surface area contributed by atoms with Crippen molar-refractivity contribution in [3.8, 4) is 17.3 Å². The molecule has 0 saturated carbocycles. The Hall–Kier alpha value is -3.66. The molecule has 1 aliphatic heterocycles. The lowest BCUT2D eigenvalue weighted by Gasteiger charge is -2.31. The maximum absolute atomic E-state index is 13.4. The van der Waals surface area contributed by atoms with Crippen LogP contribution in [0.25, 0.3) is 11.3 Å². The van der Waals surface area contributed by atoms with E-state index in [4.69, 9.17) is 10.2 Å². The van der Waals surface area contributed by atoms with Crippen LogP contribution in [0.1, 0.15) is 25.2 Å². The Balaban J connectivity index is 1.86. The molecule has 1 aliphatic rings. The number of amides is 1. The quantitative estimate of drug-likeness (QED) is 0.732. The molecule has 0 aliphatic carbocycles. The van der Waals surface area contributed by atoms with Crippen molar-refractivity contribution in [3.05, 3.63) is 65.7 Å². The van der Waals surface area contributed by atoms with Crippen LogP contribution in [0.3, 0.4) is 0 Å². The van der Waals surface area contributed by atoms with Gasteiger partial charge in [0.25, 0.3) is 0 Å². The Labute approximate surface area is 161 Å². The number of halogens is 1. The molecule has 6 nitrogen and oxygen atoms in total. The fourth-order valence-corrected chi connectivity index (χ4v) is 3.37. The molecular formula is C21H18FN5O. The number of aromatic nitrogens is 2. The molecule has 0 saturated heterocycles. The van der Waals surface area contributed by atoms with Gasteiger partial charge < -0.3 is 15.2 Å². The molecule has 0 bridgehead atoms. The first-order chi connectivity index (χ1) is 13.4. The zero-order valence-corrected chi connectivity index (χ0v) is 15.5. The topological polar surface area (TPSA) is 82.7 Å². The summed E-state index contributed by atoms with van der Waals surface area (Å²) in [7, 11) is 0. The number of carbonyl (C=O) groups is 1. The molecule has 0 radical (unpaired) electrons. The molecule has 7 heteroatoms. The lowest BCUT2D eigenvalue weighted by Crippen LogP contribution is -2.49. The van der Waals surface area contributed by atoms with Gasteiger partial charge in [0.15, 0.2) is 0 Å². The number of nitrogens with zero attached hydrogens (tertiary/aromatic N) is 3. The van der Waals surface area contributed by atoms with E-state index in [0.29, 0.717) is 22.9 Å².